The molecule has 2 saturated heterocycles. The molecular formula is C16H25N3O3S. The van der Waals surface area contributed by atoms with Crippen LogP contribution in [0.5, 0.6) is 0 Å². The SMILES string of the molecule is CCCS(=O)(=O)N1C[C@@H]2CN(Cc3cccnc3)CCO[C@@H]2C1. The molecule has 1 aromatic heterocycles. The Kier molecular flexibility index (Phi) is 5.31. The van der Waals surface area contributed by atoms with Crippen molar-refractivity contribution in [3.8, 4) is 0 Å². The number of aromatic nitrogens is 1. The van der Waals surface area contributed by atoms with Crippen LogP contribution in [0.1, 0.15) is 18.9 Å². The van der Waals surface area contributed by atoms with Gasteiger partial charge in [0, 0.05) is 51.0 Å². The van der Waals surface area contributed by atoms with Crippen LogP contribution in [0.15, 0.2) is 24.5 Å². The minimum absolute atomic E-state index is 0.0283. The van der Waals surface area contributed by atoms with E-state index >= 15 is 0 Å². The van der Waals surface area contributed by atoms with Gasteiger partial charge in [0.2, 0.25) is 10.0 Å². The van der Waals surface area contributed by atoms with Crippen molar-refractivity contribution in [2.24, 2.45) is 5.92 Å². The van der Waals surface area contributed by atoms with Crippen LogP contribution >= 0.6 is 0 Å². The molecule has 0 amide bonds. The van der Waals surface area contributed by atoms with E-state index in [2.05, 4.69) is 16.0 Å². The number of fused-ring (bicyclic) bond motifs is 1. The van der Waals surface area contributed by atoms with Crippen molar-refractivity contribution in [2.45, 2.75) is 26.0 Å². The number of hydrogen-bond acceptors (Lipinski definition) is 5. The summed E-state index contributed by atoms with van der Waals surface area (Å²) in [6.45, 7) is 6.23. The molecule has 2 aliphatic rings. The summed E-state index contributed by atoms with van der Waals surface area (Å²) in [7, 11) is -3.13. The molecule has 2 fully saturated rings. The molecule has 1 aromatic rings. The quantitative estimate of drug-likeness (QED) is 0.799. The minimum atomic E-state index is -3.13. The van der Waals surface area contributed by atoms with Crippen molar-refractivity contribution >= 4 is 10.0 Å². The molecule has 0 radical (unpaired) electrons. The summed E-state index contributed by atoms with van der Waals surface area (Å²) < 4.78 is 32.1. The van der Waals surface area contributed by atoms with Crippen molar-refractivity contribution in [2.75, 3.05) is 38.5 Å². The zero-order chi connectivity index (χ0) is 16.3. The van der Waals surface area contributed by atoms with Gasteiger partial charge in [-0.2, -0.15) is 4.31 Å². The zero-order valence-corrected chi connectivity index (χ0v) is 14.4. The van der Waals surface area contributed by atoms with E-state index in [0.717, 1.165) is 19.6 Å². The highest BCUT2D eigenvalue weighted by atomic mass is 32.2. The van der Waals surface area contributed by atoms with Crippen molar-refractivity contribution < 1.29 is 13.2 Å². The van der Waals surface area contributed by atoms with E-state index in [9.17, 15) is 8.42 Å². The molecule has 2 atom stereocenters. The highest BCUT2D eigenvalue weighted by Crippen LogP contribution is 2.26. The first-order valence-electron chi connectivity index (χ1n) is 8.29. The second-order valence-electron chi connectivity index (χ2n) is 6.40. The predicted molar refractivity (Wildman–Crippen MR) is 88.4 cm³/mol. The number of nitrogens with zero attached hydrogens (tertiary/aromatic N) is 3. The Bertz CT molecular complexity index is 608. The lowest BCUT2D eigenvalue weighted by Crippen LogP contribution is -2.34. The maximum absolute atomic E-state index is 12.3. The van der Waals surface area contributed by atoms with E-state index in [4.69, 9.17) is 4.74 Å². The highest BCUT2D eigenvalue weighted by Gasteiger charge is 2.40. The summed E-state index contributed by atoms with van der Waals surface area (Å²) in [4.78, 5) is 6.50. The number of pyridine rings is 1. The molecular weight excluding hydrogens is 314 g/mol. The normalized spacial score (nSPS) is 26.8. The van der Waals surface area contributed by atoms with E-state index in [0.29, 0.717) is 26.1 Å². The Balaban J connectivity index is 1.64. The van der Waals surface area contributed by atoms with Crippen LogP contribution in [0.25, 0.3) is 0 Å². The standard InChI is InChI=1S/C16H25N3O3S/c1-2-8-23(20,21)19-12-15-11-18(6-7-22-16(15)13-19)10-14-4-3-5-17-9-14/h3-5,9,15-16H,2,6-8,10-13H2,1H3/t15-,16+/m0/s1. The fraction of sp³-hybridized carbons (Fsp3) is 0.688. The van der Waals surface area contributed by atoms with Gasteiger partial charge in [0.1, 0.15) is 0 Å². The van der Waals surface area contributed by atoms with Crippen LogP contribution in [-0.4, -0.2) is 67.2 Å². The van der Waals surface area contributed by atoms with Gasteiger partial charge in [0.25, 0.3) is 0 Å². The van der Waals surface area contributed by atoms with Gasteiger partial charge in [-0.15, -0.1) is 0 Å². The Morgan fingerprint density at radius 3 is 2.96 bits per heavy atom. The van der Waals surface area contributed by atoms with Crippen LogP contribution in [0.2, 0.25) is 0 Å². The highest BCUT2D eigenvalue weighted by molar-refractivity contribution is 7.89. The van der Waals surface area contributed by atoms with Crippen molar-refractivity contribution in [1.29, 1.82) is 0 Å². The van der Waals surface area contributed by atoms with Crippen molar-refractivity contribution in [3.63, 3.8) is 0 Å². The van der Waals surface area contributed by atoms with E-state index in [-0.39, 0.29) is 17.8 Å². The summed E-state index contributed by atoms with van der Waals surface area (Å²) >= 11 is 0. The first kappa shape index (κ1) is 16.8. The monoisotopic (exact) mass is 339 g/mol. The molecule has 0 saturated carbocycles. The van der Waals surface area contributed by atoms with Gasteiger partial charge >= 0.3 is 0 Å². The van der Waals surface area contributed by atoms with Gasteiger partial charge in [-0.3, -0.25) is 9.88 Å². The summed E-state index contributed by atoms with van der Waals surface area (Å²) in [5.74, 6) is 0.479. The molecule has 3 heterocycles. The lowest BCUT2D eigenvalue weighted by Gasteiger charge is -2.23. The third kappa shape index (κ3) is 4.09. The fourth-order valence-corrected chi connectivity index (χ4v) is 5.00. The molecule has 0 spiro atoms. The second-order valence-corrected chi connectivity index (χ2v) is 8.49. The average Bonchev–Trinajstić information content (AvgIpc) is 2.83. The Morgan fingerprint density at radius 1 is 1.35 bits per heavy atom. The maximum Gasteiger partial charge on any atom is 0.214 e. The molecule has 0 N–H and O–H groups in total. The van der Waals surface area contributed by atoms with Gasteiger partial charge in [-0.05, 0) is 18.1 Å². The van der Waals surface area contributed by atoms with Crippen molar-refractivity contribution in [1.82, 2.24) is 14.2 Å². The number of hydrogen-bond donors (Lipinski definition) is 0. The third-order valence-corrected chi connectivity index (χ3v) is 6.57. The van der Waals surface area contributed by atoms with Crippen molar-refractivity contribution in [3.05, 3.63) is 30.1 Å². The molecule has 2 aliphatic heterocycles. The molecule has 0 unspecified atom stereocenters. The molecule has 0 aromatic carbocycles. The predicted octanol–water partition coefficient (Wildman–Crippen LogP) is 0.954. The van der Waals surface area contributed by atoms with Crippen LogP contribution in [-0.2, 0) is 21.3 Å². The smallest absolute Gasteiger partial charge is 0.214 e. The first-order chi connectivity index (χ1) is 11.1. The lowest BCUT2D eigenvalue weighted by atomic mass is 10.1. The van der Waals surface area contributed by atoms with E-state index in [1.807, 2.05) is 19.2 Å². The summed E-state index contributed by atoms with van der Waals surface area (Å²) in [5.41, 5.74) is 1.18. The molecule has 3 rings (SSSR count). The van der Waals surface area contributed by atoms with Crippen LogP contribution in [0, 0.1) is 5.92 Å². The number of sulfonamides is 1. The van der Waals surface area contributed by atoms with Crippen LogP contribution in [0.4, 0.5) is 0 Å². The van der Waals surface area contributed by atoms with Gasteiger partial charge in [0.05, 0.1) is 18.5 Å². The largest absolute Gasteiger partial charge is 0.375 e. The first-order valence-corrected chi connectivity index (χ1v) is 9.90. The molecule has 6 nitrogen and oxygen atoms in total. The Hall–Kier alpha value is -1.02. The molecule has 128 valence electrons. The Morgan fingerprint density at radius 2 is 2.22 bits per heavy atom. The topological polar surface area (TPSA) is 62.7 Å². The summed E-state index contributed by atoms with van der Waals surface area (Å²) in [5, 5.41) is 0. The van der Waals surface area contributed by atoms with Gasteiger partial charge < -0.3 is 4.74 Å². The maximum atomic E-state index is 12.3. The lowest BCUT2D eigenvalue weighted by molar-refractivity contribution is 0.0546. The van der Waals surface area contributed by atoms with Gasteiger partial charge in [-0.25, -0.2) is 8.42 Å². The van der Waals surface area contributed by atoms with E-state index in [1.54, 1.807) is 10.5 Å². The second kappa shape index (κ2) is 7.25. The molecule has 23 heavy (non-hydrogen) atoms. The molecule has 7 heteroatoms. The summed E-state index contributed by atoms with van der Waals surface area (Å²) in [6.07, 6.45) is 4.34. The fourth-order valence-electron chi connectivity index (χ4n) is 3.43. The van der Waals surface area contributed by atoms with E-state index in [1.165, 1.54) is 5.56 Å². The number of rotatable bonds is 5. The van der Waals surface area contributed by atoms with Crippen LogP contribution < -0.4 is 0 Å². The average molecular weight is 339 g/mol. The van der Waals surface area contributed by atoms with Gasteiger partial charge in [-0.1, -0.05) is 13.0 Å². The number of ether oxygens (including phenoxy) is 1. The third-order valence-electron chi connectivity index (χ3n) is 4.56. The molecule has 0 aliphatic carbocycles. The zero-order valence-electron chi connectivity index (χ0n) is 13.6. The minimum Gasteiger partial charge on any atom is -0.375 e. The summed E-state index contributed by atoms with van der Waals surface area (Å²) in [6, 6.07) is 4.02. The van der Waals surface area contributed by atoms with Crippen LogP contribution in [0.3, 0.4) is 0 Å². The molecule has 0 bridgehead atoms. The van der Waals surface area contributed by atoms with Gasteiger partial charge in [0.15, 0.2) is 0 Å². The Labute approximate surface area is 138 Å². The van der Waals surface area contributed by atoms with E-state index < -0.39 is 10.0 Å².